The Bertz CT molecular complexity index is 1610. The molecule has 11 heteroatoms. The van der Waals surface area contributed by atoms with Crippen LogP contribution in [0.25, 0.3) is 26.1 Å². The van der Waals surface area contributed by atoms with Crippen LogP contribution in [0.3, 0.4) is 0 Å². The van der Waals surface area contributed by atoms with E-state index >= 15 is 0 Å². The van der Waals surface area contributed by atoms with E-state index < -0.39 is 5.91 Å². The van der Waals surface area contributed by atoms with Gasteiger partial charge in [0.1, 0.15) is 16.2 Å². The number of para-hydroxylation sites is 1. The van der Waals surface area contributed by atoms with Crippen LogP contribution in [0.1, 0.15) is 16.2 Å². The number of ether oxygens (including phenoxy) is 1. The minimum Gasteiger partial charge on any atom is -0.378 e. The Balaban J connectivity index is 1.55. The summed E-state index contributed by atoms with van der Waals surface area (Å²) in [6.07, 6.45) is 3.48. The van der Waals surface area contributed by atoms with Crippen LogP contribution in [-0.4, -0.2) is 56.4 Å². The van der Waals surface area contributed by atoms with Gasteiger partial charge < -0.3 is 19.5 Å². The van der Waals surface area contributed by atoms with Crippen molar-refractivity contribution in [3.8, 4) is 0 Å². The van der Waals surface area contributed by atoms with E-state index in [2.05, 4.69) is 20.5 Å². The molecule has 1 amide bonds. The summed E-state index contributed by atoms with van der Waals surface area (Å²) in [5.41, 5.74) is 1.06. The number of carbonyl (C=O) groups excluding carboxylic acids is 1. The number of aromatic nitrogens is 5. The topological polar surface area (TPSA) is 107 Å². The number of nitrogens with zero attached hydrogens (tertiary/aromatic N) is 6. The van der Waals surface area contributed by atoms with Gasteiger partial charge in [-0.1, -0.05) is 12.1 Å². The van der Waals surface area contributed by atoms with Crippen molar-refractivity contribution < 1.29 is 9.53 Å². The fraction of sp³-hybridized carbons (Fsp3) is 0.261. The fourth-order valence-electron chi connectivity index (χ4n) is 4.26. The third-order valence-electron chi connectivity index (χ3n) is 6.06. The predicted molar refractivity (Wildman–Crippen MR) is 130 cm³/mol. The van der Waals surface area contributed by atoms with Gasteiger partial charge in [-0.2, -0.15) is 0 Å². The van der Waals surface area contributed by atoms with Crippen molar-refractivity contribution in [2.45, 2.75) is 6.54 Å². The van der Waals surface area contributed by atoms with Gasteiger partial charge in [-0.3, -0.25) is 14.0 Å². The molecule has 1 aliphatic heterocycles. The zero-order chi connectivity index (χ0) is 23.2. The molecule has 0 atom stereocenters. The van der Waals surface area contributed by atoms with Crippen LogP contribution in [0.4, 0.5) is 5.82 Å². The molecule has 1 saturated heterocycles. The SMILES string of the molecule is Cn1ccnc1CNC(=O)c1c(=O)c2cc(N3CCOCC3)nnc2n2c1sc1ccccc12. The summed E-state index contributed by atoms with van der Waals surface area (Å²) in [5.74, 6) is 0.859. The molecule has 0 bridgehead atoms. The first kappa shape index (κ1) is 20.8. The van der Waals surface area contributed by atoms with Crippen molar-refractivity contribution >= 4 is 49.1 Å². The highest BCUT2D eigenvalue weighted by Gasteiger charge is 2.24. The number of anilines is 1. The van der Waals surface area contributed by atoms with Crippen LogP contribution in [0.15, 0.2) is 47.5 Å². The second-order valence-corrected chi connectivity index (χ2v) is 9.12. The minimum absolute atomic E-state index is 0.101. The maximum absolute atomic E-state index is 13.7. The lowest BCUT2D eigenvalue weighted by Crippen LogP contribution is -2.37. The Labute approximate surface area is 197 Å². The van der Waals surface area contributed by atoms with E-state index in [0.29, 0.717) is 53.8 Å². The van der Waals surface area contributed by atoms with E-state index in [1.54, 1.807) is 12.3 Å². The molecule has 1 fully saturated rings. The highest BCUT2D eigenvalue weighted by molar-refractivity contribution is 7.24. The first-order valence-corrected chi connectivity index (χ1v) is 11.7. The molecular formula is C23H21N7O3S. The Hall–Kier alpha value is -3.83. The maximum Gasteiger partial charge on any atom is 0.258 e. The van der Waals surface area contributed by atoms with E-state index in [1.807, 2.05) is 51.4 Å². The lowest BCUT2D eigenvalue weighted by molar-refractivity contribution is 0.0950. The molecule has 5 heterocycles. The third kappa shape index (κ3) is 3.32. The summed E-state index contributed by atoms with van der Waals surface area (Å²) in [5, 5.41) is 12.1. The van der Waals surface area contributed by atoms with Gasteiger partial charge in [-0.25, -0.2) is 4.98 Å². The largest absolute Gasteiger partial charge is 0.378 e. The quantitative estimate of drug-likeness (QED) is 0.423. The highest BCUT2D eigenvalue weighted by atomic mass is 32.1. The molecule has 4 aromatic heterocycles. The lowest BCUT2D eigenvalue weighted by atomic mass is 10.1. The number of rotatable bonds is 4. The van der Waals surface area contributed by atoms with E-state index in [4.69, 9.17) is 4.74 Å². The smallest absolute Gasteiger partial charge is 0.258 e. The molecule has 10 nitrogen and oxygen atoms in total. The number of hydrogen-bond acceptors (Lipinski definition) is 8. The van der Waals surface area contributed by atoms with E-state index in [9.17, 15) is 9.59 Å². The van der Waals surface area contributed by atoms with E-state index in [1.165, 1.54) is 11.3 Å². The van der Waals surface area contributed by atoms with E-state index in [0.717, 1.165) is 10.2 Å². The molecule has 5 aromatic rings. The average molecular weight is 476 g/mol. The van der Waals surface area contributed by atoms with Crippen LogP contribution >= 0.6 is 11.3 Å². The van der Waals surface area contributed by atoms with Crippen LogP contribution in [0.5, 0.6) is 0 Å². The monoisotopic (exact) mass is 475 g/mol. The predicted octanol–water partition coefficient (Wildman–Crippen LogP) is 1.96. The van der Waals surface area contributed by atoms with Crippen molar-refractivity contribution in [3.05, 3.63) is 64.3 Å². The van der Waals surface area contributed by atoms with E-state index in [-0.39, 0.29) is 17.5 Å². The van der Waals surface area contributed by atoms with Gasteiger partial charge in [-0.15, -0.1) is 21.5 Å². The van der Waals surface area contributed by atoms with Gasteiger partial charge >= 0.3 is 0 Å². The molecule has 172 valence electrons. The second kappa shape index (κ2) is 8.19. The first-order valence-electron chi connectivity index (χ1n) is 10.9. The number of thiazole rings is 1. The Morgan fingerprint density at radius 3 is 2.82 bits per heavy atom. The number of pyridine rings is 1. The van der Waals surface area contributed by atoms with Crippen molar-refractivity contribution in [3.63, 3.8) is 0 Å². The molecule has 0 radical (unpaired) electrons. The summed E-state index contributed by atoms with van der Waals surface area (Å²) >= 11 is 1.39. The standard InChI is InChI=1S/C23H21N7O3S/c1-28-7-6-24-18(28)13-25-22(32)19-20(31)14-12-17(29-8-10-33-11-9-29)26-27-21(14)30-15-4-2-3-5-16(15)34-23(19)30/h2-7,12H,8-11,13H2,1H3,(H,25,32). The number of hydrogen-bond donors (Lipinski definition) is 1. The zero-order valence-electron chi connectivity index (χ0n) is 18.4. The molecule has 6 rings (SSSR count). The fourth-order valence-corrected chi connectivity index (χ4v) is 5.44. The average Bonchev–Trinajstić information content (AvgIpc) is 3.46. The molecular weight excluding hydrogens is 454 g/mol. The summed E-state index contributed by atoms with van der Waals surface area (Å²) in [7, 11) is 1.86. The van der Waals surface area contributed by atoms with Crippen LogP contribution < -0.4 is 15.6 Å². The van der Waals surface area contributed by atoms with Crippen molar-refractivity contribution in [2.24, 2.45) is 7.05 Å². The third-order valence-corrected chi connectivity index (χ3v) is 7.21. The van der Waals surface area contributed by atoms with Gasteiger partial charge in [0.25, 0.3) is 5.91 Å². The first-order chi connectivity index (χ1) is 16.6. The molecule has 1 aliphatic rings. The summed E-state index contributed by atoms with van der Waals surface area (Å²) in [6.45, 7) is 2.73. The molecule has 1 aromatic carbocycles. The zero-order valence-corrected chi connectivity index (χ0v) is 19.2. The summed E-state index contributed by atoms with van der Waals surface area (Å²) in [4.78, 5) is 33.9. The number of aryl methyl sites for hydroxylation is 1. The Kier molecular flexibility index (Phi) is 5.00. The molecule has 1 N–H and O–H groups in total. The van der Waals surface area contributed by atoms with Gasteiger partial charge in [0, 0.05) is 32.5 Å². The van der Waals surface area contributed by atoms with Crippen LogP contribution in [0.2, 0.25) is 0 Å². The number of imidazole rings is 1. The number of carbonyl (C=O) groups is 1. The van der Waals surface area contributed by atoms with Gasteiger partial charge in [0.15, 0.2) is 11.5 Å². The molecule has 34 heavy (non-hydrogen) atoms. The molecule has 0 spiro atoms. The van der Waals surface area contributed by atoms with Crippen LogP contribution in [0, 0.1) is 0 Å². The van der Waals surface area contributed by atoms with Gasteiger partial charge in [0.05, 0.1) is 35.4 Å². The Morgan fingerprint density at radius 2 is 2.03 bits per heavy atom. The lowest BCUT2D eigenvalue weighted by Gasteiger charge is -2.27. The molecule has 0 saturated carbocycles. The highest BCUT2D eigenvalue weighted by Crippen LogP contribution is 2.31. The molecule has 0 unspecified atom stereocenters. The minimum atomic E-state index is -0.441. The maximum atomic E-state index is 13.7. The number of fused-ring (bicyclic) bond motifs is 5. The van der Waals surface area contributed by atoms with Crippen LogP contribution in [-0.2, 0) is 18.3 Å². The Morgan fingerprint density at radius 1 is 1.21 bits per heavy atom. The summed E-state index contributed by atoms with van der Waals surface area (Å²) in [6, 6.07) is 9.52. The van der Waals surface area contributed by atoms with Gasteiger partial charge in [0.2, 0.25) is 5.43 Å². The number of morpholine rings is 1. The van der Waals surface area contributed by atoms with Crippen molar-refractivity contribution in [2.75, 3.05) is 31.2 Å². The number of benzene rings is 1. The second-order valence-electron chi connectivity index (χ2n) is 8.09. The number of nitrogens with one attached hydrogen (secondary N) is 1. The van der Waals surface area contributed by atoms with Crippen molar-refractivity contribution in [1.82, 2.24) is 29.5 Å². The summed E-state index contributed by atoms with van der Waals surface area (Å²) < 4.78 is 10.1. The van der Waals surface area contributed by atoms with Crippen molar-refractivity contribution in [1.29, 1.82) is 0 Å². The normalized spacial score (nSPS) is 14.3. The van der Waals surface area contributed by atoms with Gasteiger partial charge in [-0.05, 0) is 18.2 Å². The number of amides is 1. The molecule has 0 aliphatic carbocycles.